The maximum Gasteiger partial charge on any atom is 0.120 e. The third kappa shape index (κ3) is 3.03. The molecule has 0 radical (unpaired) electrons. The molecule has 0 bridgehead atoms. The number of hydrogen-bond donors (Lipinski definition) is 1. The monoisotopic (exact) mass is 313 g/mol. The van der Waals surface area contributed by atoms with Crippen LogP contribution < -0.4 is 0 Å². The van der Waals surface area contributed by atoms with Crippen LogP contribution in [0.2, 0.25) is 0 Å². The zero-order valence-electron chi connectivity index (χ0n) is 14.3. The Labute approximate surface area is 140 Å². The summed E-state index contributed by atoms with van der Waals surface area (Å²) in [4.78, 5) is 2.78. The number of rotatable bonds is 3. The van der Waals surface area contributed by atoms with Gasteiger partial charge in [0.1, 0.15) is 5.75 Å². The smallest absolute Gasteiger partial charge is 0.120 e. The van der Waals surface area contributed by atoms with Gasteiger partial charge < -0.3 is 5.11 Å². The van der Waals surface area contributed by atoms with Gasteiger partial charge >= 0.3 is 0 Å². The third-order valence-corrected chi connectivity index (χ3v) is 6.79. The maximum atomic E-state index is 10.5. The van der Waals surface area contributed by atoms with Gasteiger partial charge in [-0.2, -0.15) is 0 Å². The minimum Gasteiger partial charge on any atom is -0.508 e. The average molecular weight is 313 g/mol. The van der Waals surface area contributed by atoms with E-state index in [0.717, 1.165) is 17.9 Å². The molecule has 1 aliphatic heterocycles. The molecule has 1 aromatic rings. The minimum absolute atomic E-state index is 0.461. The van der Waals surface area contributed by atoms with Crippen molar-refractivity contribution in [3.63, 3.8) is 0 Å². The molecule has 3 fully saturated rings. The van der Waals surface area contributed by atoms with Crippen molar-refractivity contribution < 1.29 is 5.11 Å². The van der Waals surface area contributed by atoms with E-state index >= 15 is 0 Å². The molecule has 2 unspecified atom stereocenters. The molecule has 1 aromatic carbocycles. The van der Waals surface area contributed by atoms with Crippen LogP contribution in [0.5, 0.6) is 5.75 Å². The Hall–Kier alpha value is -1.02. The molecule has 0 spiro atoms. The molecule has 0 aromatic heterocycles. The van der Waals surface area contributed by atoms with Crippen molar-refractivity contribution in [2.24, 2.45) is 11.8 Å². The van der Waals surface area contributed by atoms with Crippen molar-refractivity contribution in [1.29, 1.82) is 0 Å². The lowest BCUT2D eigenvalue weighted by Crippen LogP contribution is -2.35. The first-order valence-electron chi connectivity index (χ1n) is 9.88. The average Bonchev–Trinajstić information content (AvgIpc) is 3.25. The SMILES string of the molecule is Oc1ccccc1C1C(C2CCCCC2)CCN1C1CCCC1. The summed E-state index contributed by atoms with van der Waals surface area (Å²) >= 11 is 0. The number of benzene rings is 1. The fourth-order valence-corrected chi connectivity index (χ4v) is 5.69. The molecular formula is C21H31NO. The van der Waals surface area contributed by atoms with E-state index in [-0.39, 0.29) is 0 Å². The molecule has 126 valence electrons. The molecule has 1 N–H and O–H groups in total. The molecule has 0 amide bonds. The zero-order chi connectivity index (χ0) is 15.6. The summed E-state index contributed by atoms with van der Waals surface area (Å²) < 4.78 is 0. The summed E-state index contributed by atoms with van der Waals surface area (Å²) in [5.41, 5.74) is 1.20. The van der Waals surface area contributed by atoms with Crippen LogP contribution in [0.15, 0.2) is 24.3 Å². The normalized spacial score (nSPS) is 31.0. The molecule has 23 heavy (non-hydrogen) atoms. The van der Waals surface area contributed by atoms with Crippen LogP contribution in [0.25, 0.3) is 0 Å². The van der Waals surface area contributed by atoms with Gasteiger partial charge in [0.05, 0.1) is 0 Å². The Morgan fingerprint density at radius 1 is 0.826 bits per heavy atom. The predicted molar refractivity (Wildman–Crippen MR) is 94.5 cm³/mol. The summed E-state index contributed by atoms with van der Waals surface area (Å²) in [6.07, 6.45) is 13.9. The van der Waals surface area contributed by atoms with Crippen molar-refractivity contribution >= 4 is 0 Å². The minimum atomic E-state index is 0.461. The molecule has 4 rings (SSSR count). The summed E-state index contributed by atoms with van der Waals surface area (Å²) in [7, 11) is 0. The van der Waals surface area contributed by atoms with Crippen LogP contribution >= 0.6 is 0 Å². The lowest BCUT2D eigenvalue weighted by Gasteiger charge is -2.37. The van der Waals surface area contributed by atoms with Crippen LogP contribution in [0.4, 0.5) is 0 Å². The van der Waals surface area contributed by atoms with Gasteiger partial charge in [0.25, 0.3) is 0 Å². The highest BCUT2D eigenvalue weighted by atomic mass is 16.3. The quantitative estimate of drug-likeness (QED) is 0.821. The van der Waals surface area contributed by atoms with Crippen molar-refractivity contribution in [3.8, 4) is 5.75 Å². The number of phenols is 1. The standard InChI is InChI=1S/C21H31NO/c23-20-13-7-6-12-19(20)21-18(16-8-2-1-3-9-16)14-15-22(21)17-10-4-5-11-17/h6-7,12-13,16-18,21,23H,1-5,8-11,14-15H2. The third-order valence-electron chi connectivity index (χ3n) is 6.79. The molecule has 3 aliphatic rings. The van der Waals surface area contributed by atoms with E-state index < -0.39 is 0 Å². The highest BCUT2D eigenvalue weighted by Gasteiger charge is 2.43. The summed E-state index contributed by atoms with van der Waals surface area (Å²) in [5, 5.41) is 10.5. The number of para-hydroxylation sites is 1. The van der Waals surface area contributed by atoms with Crippen molar-refractivity contribution in [1.82, 2.24) is 4.90 Å². The first kappa shape index (κ1) is 15.5. The summed E-state index contributed by atoms with van der Waals surface area (Å²) in [6, 6.07) is 9.36. The number of phenolic OH excluding ortho intramolecular Hbond substituents is 1. The predicted octanol–water partition coefficient (Wildman–Crippen LogP) is 5.28. The van der Waals surface area contributed by atoms with Gasteiger partial charge in [-0.15, -0.1) is 0 Å². The molecule has 2 nitrogen and oxygen atoms in total. The fraction of sp³-hybridized carbons (Fsp3) is 0.714. The molecule has 1 saturated heterocycles. The lowest BCUT2D eigenvalue weighted by molar-refractivity contribution is 0.127. The Kier molecular flexibility index (Phi) is 4.61. The van der Waals surface area contributed by atoms with E-state index in [1.165, 1.54) is 76.3 Å². The number of likely N-dealkylation sites (tertiary alicyclic amines) is 1. The molecule has 1 heterocycles. The molecule has 2 atom stereocenters. The van der Waals surface area contributed by atoms with Gasteiger partial charge in [0.15, 0.2) is 0 Å². The zero-order valence-corrected chi connectivity index (χ0v) is 14.3. The number of nitrogens with zero attached hydrogens (tertiary/aromatic N) is 1. The van der Waals surface area contributed by atoms with Crippen molar-refractivity contribution in [3.05, 3.63) is 29.8 Å². The van der Waals surface area contributed by atoms with Gasteiger partial charge in [0, 0.05) is 17.6 Å². The first-order valence-corrected chi connectivity index (χ1v) is 9.88. The maximum absolute atomic E-state index is 10.5. The van der Waals surface area contributed by atoms with Crippen LogP contribution in [0.1, 0.15) is 75.8 Å². The lowest BCUT2D eigenvalue weighted by atomic mass is 9.75. The first-order chi connectivity index (χ1) is 11.3. The molecular weight excluding hydrogens is 282 g/mol. The molecule has 2 aliphatic carbocycles. The van der Waals surface area contributed by atoms with Gasteiger partial charge in [0.2, 0.25) is 0 Å². The molecule has 2 saturated carbocycles. The van der Waals surface area contributed by atoms with Gasteiger partial charge in [-0.05, 0) is 43.7 Å². The van der Waals surface area contributed by atoms with E-state index in [1.807, 2.05) is 12.1 Å². The Bertz CT molecular complexity index is 516. The van der Waals surface area contributed by atoms with E-state index in [2.05, 4.69) is 17.0 Å². The summed E-state index contributed by atoms with van der Waals surface area (Å²) in [5.74, 6) is 2.15. The number of hydrogen-bond acceptors (Lipinski definition) is 2. The molecule has 2 heteroatoms. The van der Waals surface area contributed by atoms with Gasteiger partial charge in [-0.1, -0.05) is 63.1 Å². The van der Waals surface area contributed by atoms with Gasteiger partial charge in [-0.3, -0.25) is 4.90 Å². The second kappa shape index (κ2) is 6.84. The van der Waals surface area contributed by atoms with Crippen molar-refractivity contribution in [2.45, 2.75) is 76.3 Å². The highest BCUT2D eigenvalue weighted by molar-refractivity contribution is 5.36. The van der Waals surface area contributed by atoms with Crippen LogP contribution in [-0.2, 0) is 0 Å². The Balaban J connectivity index is 1.64. The topological polar surface area (TPSA) is 23.5 Å². The number of aromatic hydroxyl groups is 1. The van der Waals surface area contributed by atoms with Crippen molar-refractivity contribution in [2.75, 3.05) is 6.54 Å². The second-order valence-corrected chi connectivity index (χ2v) is 8.03. The van der Waals surface area contributed by atoms with E-state index in [4.69, 9.17) is 0 Å². The largest absolute Gasteiger partial charge is 0.508 e. The van der Waals surface area contributed by atoms with Gasteiger partial charge in [-0.25, -0.2) is 0 Å². The van der Waals surface area contributed by atoms with E-state index in [1.54, 1.807) is 0 Å². The highest BCUT2D eigenvalue weighted by Crippen LogP contribution is 2.49. The van der Waals surface area contributed by atoms with E-state index in [0.29, 0.717) is 11.8 Å². The van der Waals surface area contributed by atoms with Crippen LogP contribution in [0, 0.1) is 11.8 Å². The van der Waals surface area contributed by atoms with Crippen LogP contribution in [-0.4, -0.2) is 22.6 Å². The Morgan fingerprint density at radius 3 is 2.26 bits per heavy atom. The Morgan fingerprint density at radius 2 is 1.52 bits per heavy atom. The fourth-order valence-electron chi connectivity index (χ4n) is 5.69. The van der Waals surface area contributed by atoms with E-state index in [9.17, 15) is 5.11 Å². The van der Waals surface area contributed by atoms with Crippen LogP contribution in [0.3, 0.4) is 0 Å². The second-order valence-electron chi connectivity index (χ2n) is 8.03. The summed E-state index contributed by atoms with van der Waals surface area (Å²) in [6.45, 7) is 1.24.